The van der Waals surface area contributed by atoms with E-state index in [0.717, 1.165) is 57.3 Å². The van der Waals surface area contributed by atoms with Gasteiger partial charge < -0.3 is 20.6 Å². The smallest absolute Gasteiger partial charge is 0.248 e. The van der Waals surface area contributed by atoms with E-state index in [-0.39, 0.29) is 18.6 Å². The molecule has 1 saturated carbocycles. The van der Waals surface area contributed by atoms with E-state index in [1.807, 2.05) is 30.0 Å². The van der Waals surface area contributed by atoms with Crippen LogP contribution < -0.4 is 15.5 Å². The lowest BCUT2D eigenvalue weighted by molar-refractivity contribution is -0.117. The Hall–Kier alpha value is -2.08. The van der Waals surface area contributed by atoms with Crippen molar-refractivity contribution in [2.75, 3.05) is 24.5 Å². The van der Waals surface area contributed by atoms with Crippen LogP contribution in [-0.4, -0.2) is 48.8 Å². The average molecular weight is 358 g/mol. The molecule has 0 saturated heterocycles. The summed E-state index contributed by atoms with van der Waals surface area (Å²) in [5.41, 5.74) is 2.26. The van der Waals surface area contributed by atoms with Gasteiger partial charge in [-0.1, -0.05) is 18.2 Å². The molecular weight excluding hydrogens is 328 g/mol. The number of aliphatic hydroxyl groups is 1. The zero-order chi connectivity index (χ0) is 18.4. The van der Waals surface area contributed by atoms with Crippen molar-refractivity contribution in [3.8, 4) is 0 Å². The summed E-state index contributed by atoms with van der Waals surface area (Å²) in [7, 11) is 0. The van der Waals surface area contributed by atoms with Crippen LogP contribution >= 0.6 is 0 Å². The topological polar surface area (TPSA) is 77.0 Å². The molecule has 6 heteroatoms. The second-order valence-electron chi connectivity index (χ2n) is 7.12. The number of benzene rings is 1. The van der Waals surface area contributed by atoms with E-state index >= 15 is 0 Å². The number of carbonyl (C=O) groups excluding carboxylic acids is 1. The Morgan fingerprint density at radius 2 is 2.04 bits per heavy atom. The number of aliphatic imine (C=N–C) groups is 1. The summed E-state index contributed by atoms with van der Waals surface area (Å²) in [5, 5.41) is 16.3. The Bertz CT molecular complexity index is 638. The molecular formula is C20H30N4O2. The molecule has 0 spiro atoms. The molecule has 0 unspecified atom stereocenters. The van der Waals surface area contributed by atoms with Crippen LogP contribution in [0.25, 0.3) is 0 Å². The van der Waals surface area contributed by atoms with Crippen LogP contribution in [0.4, 0.5) is 5.69 Å². The van der Waals surface area contributed by atoms with Crippen LogP contribution in [0.15, 0.2) is 29.3 Å². The highest BCUT2D eigenvalue weighted by molar-refractivity contribution is 5.97. The van der Waals surface area contributed by atoms with Crippen LogP contribution in [0, 0.1) is 0 Å². The van der Waals surface area contributed by atoms with Crippen LogP contribution in [0.3, 0.4) is 0 Å². The number of para-hydroxylation sites is 1. The molecule has 142 valence electrons. The van der Waals surface area contributed by atoms with E-state index in [9.17, 15) is 9.90 Å². The van der Waals surface area contributed by atoms with Crippen molar-refractivity contribution in [1.29, 1.82) is 0 Å². The summed E-state index contributed by atoms with van der Waals surface area (Å²) < 4.78 is 0. The number of nitrogens with zero attached hydrogens (tertiary/aromatic N) is 2. The van der Waals surface area contributed by atoms with Crippen molar-refractivity contribution < 1.29 is 9.90 Å². The van der Waals surface area contributed by atoms with Gasteiger partial charge >= 0.3 is 0 Å². The molecule has 1 aliphatic carbocycles. The molecule has 1 aliphatic heterocycles. The lowest BCUT2D eigenvalue weighted by Gasteiger charge is -2.29. The van der Waals surface area contributed by atoms with Gasteiger partial charge in [0.15, 0.2) is 5.96 Å². The first-order valence-corrected chi connectivity index (χ1v) is 9.78. The highest BCUT2D eigenvalue weighted by Gasteiger charge is 2.23. The second-order valence-corrected chi connectivity index (χ2v) is 7.12. The molecule has 1 aromatic rings. The van der Waals surface area contributed by atoms with Crippen molar-refractivity contribution in [2.45, 2.75) is 57.6 Å². The Morgan fingerprint density at radius 3 is 2.81 bits per heavy atom. The van der Waals surface area contributed by atoms with Gasteiger partial charge in [-0.2, -0.15) is 0 Å². The van der Waals surface area contributed by atoms with Crippen molar-refractivity contribution in [2.24, 2.45) is 4.99 Å². The van der Waals surface area contributed by atoms with Crippen molar-refractivity contribution in [3.05, 3.63) is 29.8 Å². The lowest BCUT2D eigenvalue weighted by Crippen LogP contribution is -2.46. The van der Waals surface area contributed by atoms with Crippen LogP contribution in [0.1, 0.15) is 44.6 Å². The molecule has 0 radical (unpaired) electrons. The predicted molar refractivity (Wildman–Crippen MR) is 104 cm³/mol. The number of rotatable bonds is 4. The Labute approximate surface area is 155 Å². The van der Waals surface area contributed by atoms with Crippen LogP contribution in [0.2, 0.25) is 0 Å². The van der Waals surface area contributed by atoms with Gasteiger partial charge in [0, 0.05) is 24.8 Å². The number of nitrogens with one attached hydrogen (secondary N) is 2. The number of guanidine groups is 1. The summed E-state index contributed by atoms with van der Waals surface area (Å²) in [6.07, 6.45) is 5.35. The highest BCUT2D eigenvalue weighted by atomic mass is 16.3. The number of fused-ring (bicyclic) bond motifs is 1. The van der Waals surface area contributed by atoms with Gasteiger partial charge in [-0.25, -0.2) is 4.99 Å². The van der Waals surface area contributed by atoms with Crippen molar-refractivity contribution in [3.63, 3.8) is 0 Å². The Morgan fingerprint density at radius 1 is 1.27 bits per heavy atom. The number of amides is 1. The first kappa shape index (κ1) is 18.7. The third-order valence-electron chi connectivity index (χ3n) is 5.17. The summed E-state index contributed by atoms with van der Waals surface area (Å²) in [6, 6.07) is 8.44. The maximum Gasteiger partial charge on any atom is 0.248 e. The van der Waals surface area contributed by atoms with E-state index < -0.39 is 0 Å². The van der Waals surface area contributed by atoms with Gasteiger partial charge in [-0.05, 0) is 57.1 Å². The minimum Gasteiger partial charge on any atom is -0.393 e. The quantitative estimate of drug-likeness (QED) is 0.567. The fourth-order valence-corrected chi connectivity index (χ4v) is 3.76. The van der Waals surface area contributed by atoms with Crippen LogP contribution in [-0.2, 0) is 11.2 Å². The largest absolute Gasteiger partial charge is 0.393 e. The van der Waals surface area contributed by atoms with Gasteiger partial charge in [-0.3, -0.25) is 4.79 Å². The summed E-state index contributed by atoms with van der Waals surface area (Å²) in [5.74, 6) is 0.723. The average Bonchev–Trinajstić information content (AvgIpc) is 2.67. The maximum atomic E-state index is 12.7. The highest BCUT2D eigenvalue weighted by Crippen LogP contribution is 2.26. The van der Waals surface area contributed by atoms with Gasteiger partial charge in [0.05, 0.1) is 6.10 Å². The molecule has 0 aromatic heterocycles. The molecule has 0 atom stereocenters. The molecule has 1 fully saturated rings. The third kappa shape index (κ3) is 4.75. The van der Waals surface area contributed by atoms with E-state index in [4.69, 9.17) is 0 Å². The third-order valence-corrected chi connectivity index (χ3v) is 5.17. The van der Waals surface area contributed by atoms with E-state index in [1.54, 1.807) is 0 Å². The van der Waals surface area contributed by atoms with E-state index in [1.165, 1.54) is 5.56 Å². The number of aliphatic hydroxyl groups excluding tert-OH is 1. The number of hydrogen-bond acceptors (Lipinski definition) is 3. The second kappa shape index (κ2) is 9.03. The molecule has 1 heterocycles. The molecule has 0 bridgehead atoms. The SMILES string of the molecule is CCNC(=NCC(=O)N1CCCc2ccccc21)NC1CCC(O)CC1. The Kier molecular flexibility index (Phi) is 6.50. The lowest BCUT2D eigenvalue weighted by atomic mass is 9.93. The molecule has 1 amide bonds. The summed E-state index contributed by atoms with van der Waals surface area (Å²) in [6.45, 7) is 3.67. The monoisotopic (exact) mass is 358 g/mol. The normalized spacial score (nSPS) is 23.3. The summed E-state index contributed by atoms with van der Waals surface area (Å²) >= 11 is 0. The fourth-order valence-electron chi connectivity index (χ4n) is 3.76. The van der Waals surface area contributed by atoms with E-state index in [2.05, 4.69) is 21.7 Å². The number of anilines is 1. The Balaban J connectivity index is 1.61. The van der Waals surface area contributed by atoms with Crippen LogP contribution in [0.5, 0.6) is 0 Å². The molecule has 2 aliphatic rings. The number of aryl methyl sites for hydroxylation is 1. The first-order chi connectivity index (χ1) is 12.7. The molecule has 6 nitrogen and oxygen atoms in total. The standard InChI is InChI=1S/C20H30N4O2/c1-2-21-20(23-16-9-11-17(25)12-10-16)22-14-19(26)24-13-5-7-15-6-3-4-8-18(15)24/h3-4,6,8,16-17,25H,2,5,7,9-14H2,1H3,(H2,21,22,23). The van der Waals surface area contributed by atoms with Gasteiger partial charge in [0.2, 0.25) is 5.91 Å². The summed E-state index contributed by atoms with van der Waals surface area (Å²) in [4.78, 5) is 19.1. The zero-order valence-electron chi connectivity index (χ0n) is 15.6. The first-order valence-electron chi connectivity index (χ1n) is 9.78. The van der Waals surface area contributed by atoms with Crippen molar-refractivity contribution in [1.82, 2.24) is 10.6 Å². The minimum atomic E-state index is -0.173. The molecule has 1 aromatic carbocycles. The maximum absolute atomic E-state index is 12.7. The van der Waals surface area contributed by atoms with Gasteiger partial charge in [-0.15, -0.1) is 0 Å². The zero-order valence-corrected chi connectivity index (χ0v) is 15.6. The van der Waals surface area contributed by atoms with Gasteiger partial charge in [0.1, 0.15) is 6.54 Å². The molecule has 26 heavy (non-hydrogen) atoms. The van der Waals surface area contributed by atoms with Crippen molar-refractivity contribution >= 4 is 17.6 Å². The number of hydrogen-bond donors (Lipinski definition) is 3. The molecule has 3 N–H and O–H groups in total. The minimum absolute atomic E-state index is 0.0356. The predicted octanol–water partition coefficient (Wildman–Crippen LogP) is 1.82. The van der Waals surface area contributed by atoms with E-state index in [0.29, 0.717) is 12.0 Å². The molecule has 3 rings (SSSR count). The van der Waals surface area contributed by atoms with Gasteiger partial charge in [0.25, 0.3) is 0 Å². The number of carbonyl (C=O) groups is 1. The fraction of sp³-hybridized carbons (Fsp3) is 0.600.